The molecule has 0 aromatic heterocycles. The van der Waals surface area contributed by atoms with Crippen molar-refractivity contribution < 1.29 is 14.3 Å². The van der Waals surface area contributed by atoms with Gasteiger partial charge in [0.05, 0.1) is 0 Å². The monoisotopic (exact) mass is 279 g/mol. The molecule has 0 aliphatic carbocycles. The highest BCUT2D eigenvalue weighted by Crippen LogP contribution is 2.08. The highest BCUT2D eigenvalue weighted by molar-refractivity contribution is 5.77. The third-order valence-electron chi connectivity index (χ3n) is 2.23. The Kier molecular flexibility index (Phi) is 5.37. The SMILES string of the molecule is CN(NC(=O)NCc1ccccc1)C(=O)OC(C)(C)C. The Morgan fingerprint density at radius 1 is 1.20 bits per heavy atom. The molecule has 1 aromatic carbocycles. The third-order valence-corrected chi connectivity index (χ3v) is 2.23. The standard InChI is InChI=1S/C14H21N3O3/c1-14(2,3)20-13(19)17(4)16-12(18)15-10-11-8-6-5-7-9-11/h5-9H,10H2,1-4H3,(H2,15,16,18). The van der Waals surface area contributed by atoms with Gasteiger partial charge in [0.1, 0.15) is 5.60 Å². The molecule has 0 saturated carbocycles. The highest BCUT2D eigenvalue weighted by Gasteiger charge is 2.20. The number of hydrogen-bond donors (Lipinski definition) is 2. The lowest BCUT2D eigenvalue weighted by molar-refractivity contribution is 0.0229. The molecule has 0 radical (unpaired) electrons. The van der Waals surface area contributed by atoms with E-state index in [1.54, 1.807) is 20.8 Å². The predicted octanol–water partition coefficient (Wildman–Crippen LogP) is 2.27. The van der Waals surface area contributed by atoms with Crippen LogP contribution in [0.15, 0.2) is 30.3 Å². The van der Waals surface area contributed by atoms with Crippen LogP contribution in [-0.2, 0) is 11.3 Å². The van der Waals surface area contributed by atoms with Gasteiger partial charge in [0.15, 0.2) is 0 Å². The molecule has 0 aliphatic heterocycles. The number of nitrogens with one attached hydrogen (secondary N) is 2. The van der Waals surface area contributed by atoms with E-state index in [0.29, 0.717) is 6.54 Å². The van der Waals surface area contributed by atoms with E-state index in [4.69, 9.17) is 4.74 Å². The Morgan fingerprint density at radius 3 is 2.35 bits per heavy atom. The van der Waals surface area contributed by atoms with Gasteiger partial charge in [-0.3, -0.25) is 0 Å². The van der Waals surface area contributed by atoms with Crippen LogP contribution in [-0.4, -0.2) is 29.8 Å². The first-order valence-corrected chi connectivity index (χ1v) is 6.33. The summed E-state index contributed by atoms with van der Waals surface area (Å²) in [6, 6.07) is 9.02. The number of nitrogens with zero attached hydrogens (tertiary/aromatic N) is 1. The van der Waals surface area contributed by atoms with Gasteiger partial charge in [0.25, 0.3) is 0 Å². The smallest absolute Gasteiger partial charge is 0.428 e. The normalized spacial score (nSPS) is 10.6. The first-order chi connectivity index (χ1) is 9.28. The maximum absolute atomic E-state index is 11.6. The van der Waals surface area contributed by atoms with Crippen LogP contribution in [0.5, 0.6) is 0 Å². The molecule has 3 amide bonds. The van der Waals surface area contributed by atoms with E-state index in [9.17, 15) is 9.59 Å². The molecule has 1 aromatic rings. The zero-order valence-corrected chi connectivity index (χ0v) is 12.3. The Balaban J connectivity index is 2.36. The molecule has 0 aliphatic rings. The van der Waals surface area contributed by atoms with Crippen molar-refractivity contribution in [2.24, 2.45) is 0 Å². The molecule has 0 atom stereocenters. The minimum atomic E-state index is -0.618. The quantitative estimate of drug-likeness (QED) is 0.816. The second-order valence-electron chi connectivity index (χ2n) is 5.32. The van der Waals surface area contributed by atoms with E-state index in [0.717, 1.165) is 10.6 Å². The maximum Gasteiger partial charge on any atom is 0.428 e. The number of amides is 3. The van der Waals surface area contributed by atoms with Crippen LogP contribution >= 0.6 is 0 Å². The van der Waals surface area contributed by atoms with E-state index in [2.05, 4.69) is 10.7 Å². The van der Waals surface area contributed by atoms with Crippen LogP contribution in [0.25, 0.3) is 0 Å². The van der Waals surface area contributed by atoms with Crippen LogP contribution < -0.4 is 10.7 Å². The van der Waals surface area contributed by atoms with Gasteiger partial charge in [0.2, 0.25) is 0 Å². The molecule has 110 valence electrons. The van der Waals surface area contributed by atoms with Gasteiger partial charge >= 0.3 is 12.1 Å². The van der Waals surface area contributed by atoms with Crippen molar-refractivity contribution in [1.29, 1.82) is 0 Å². The summed E-state index contributed by atoms with van der Waals surface area (Å²) in [5.74, 6) is 0. The summed E-state index contributed by atoms with van der Waals surface area (Å²) < 4.78 is 5.11. The first-order valence-electron chi connectivity index (χ1n) is 6.33. The maximum atomic E-state index is 11.6. The summed E-state index contributed by atoms with van der Waals surface area (Å²) in [6.45, 7) is 5.66. The van der Waals surface area contributed by atoms with Gasteiger partial charge in [-0.05, 0) is 26.3 Å². The molecule has 0 fully saturated rings. The summed E-state index contributed by atoms with van der Waals surface area (Å²) in [4.78, 5) is 23.3. The fraction of sp³-hybridized carbons (Fsp3) is 0.429. The van der Waals surface area contributed by atoms with Gasteiger partial charge in [-0.25, -0.2) is 20.0 Å². The Morgan fingerprint density at radius 2 is 1.80 bits per heavy atom. The Labute approximate surface area is 119 Å². The van der Waals surface area contributed by atoms with Crippen LogP contribution in [0.4, 0.5) is 9.59 Å². The molecule has 0 heterocycles. The highest BCUT2D eigenvalue weighted by atomic mass is 16.6. The van der Waals surface area contributed by atoms with E-state index in [-0.39, 0.29) is 0 Å². The van der Waals surface area contributed by atoms with Crippen molar-refractivity contribution in [2.45, 2.75) is 32.9 Å². The first kappa shape index (κ1) is 15.8. The lowest BCUT2D eigenvalue weighted by Crippen LogP contribution is -2.49. The molecule has 6 heteroatoms. The number of rotatable bonds is 2. The lowest BCUT2D eigenvalue weighted by Gasteiger charge is -2.24. The van der Waals surface area contributed by atoms with Crippen LogP contribution in [0, 0.1) is 0 Å². The number of urea groups is 1. The van der Waals surface area contributed by atoms with E-state index >= 15 is 0 Å². The van der Waals surface area contributed by atoms with Gasteiger partial charge in [-0.1, -0.05) is 30.3 Å². The Bertz CT molecular complexity index is 454. The molecule has 20 heavy (non-hydrogen) atoms. The average Bonchev–Trinajstić information content (AvgIpc) is 2.35. The molecule has 0 saturated heterocycles. The second kappa shape index (κ2) is 6.79. The predicted molar refractivity (Wildman–Crippen MR) is 75.8 cm³/mol. The largest absolute Gasteiger partial charge is 0.442 e. The molecule has 2 N–H and O–H groups in total. The zero-order chi connectivity index (χ0) is 15.2. The second-order valence-corrected chi connectivity index (χ2v) is 5.32. The van der Waals surface area contributed by atoms with Crippen LogP contribution in [0.3, 0.4) is 0 Å². The van der Waals surface area contributed by atoms with Crippen LogP contribution in [0.2, 0.25) is 0 Å². The van der Waals surface area contributed by atoms with Crippen molar-refractivity contribution in [3.8, 4) is 0 Å². The summed E-state index contributed by atoms with van der Waals surface area (Å²) in [7, 11) is 1.43. The molecule has 0 unspecified atom stereocenters. The van der Waals surface area contributed by atoms with Gasteiger partial charge in [-0.15, -0.1) is 0 Å². The van der Waals surface area contributed by atoms with Crippen molar-refractivity contribution in [3.63, 3.8) is 0 Å². The summed E-state index contributed by atoms with van der Waals surface area (Å²) >= 11 is 0. The summed E-state index contributed by atoms with van der Waals surface area (Å²) in [5.41, 5.74) is 2.75. The van der Waals surface area contributed by atoms with Crippen molar-refractivity contribution in [1.82, 2.24) is 15.8 Å². The zero-order valence-electron chi connectivity index (χ0n) is 12.3. The molecular formula is C14H21N3O3. The number of benzene rings is 1. The fourth-order valence-corrected chi connectivity index (χ4v) is 1.35. The fourth-order valence-electron chi connectivity index (χ4n) is 1.35. The number of carbonyl (C=O) groups excluding carboxylic acids is 2. The minimum absolute atomic E-state index is 0.384. The van der Waals surface area contributed by atoms with E-state index in [1.165, 1.54) is 7.05 Å². The van der Waals surface area contributed by atoms with Gasteiger partial charge < -0.3 is 10.1 Å². The minimum Gasteiger partial charge on any atom is -0.442 e. The lowest BCUT2D eigenvalue weighted by atomic mass is 10.2. The number of hydrazine groups is 1. The van der Waals surface area contributed by atoms with Crippen molar-refractivity contribution in [2.75, 3.05) is 7.05 Å². The average molecular weight is 279 g/mol. The molecule has 1 rings (SSSR count). The third kappa shape index (κ3) is 6.08. The van der Waals surface area contributed by atoms with Crippen molar-refractivity contribution >= 4 is 12.1 Å². The number of carbonyl (C=O) groups is 2. The van der Waals surface area contributed by atoms with Crippen LogP contribution in [0.1, 0.15) is 26.3 Å². The summed E-state index contributed by atoms with van der Waals surface area (Å²) in [6.07, 6.45) is -0.618. The van der Waals surface area contributed by atoms with E-state index in [1.807, 2.05) is 30.3 Å². The Hall–Kier alpha value is -2.24. The molecule has 0 bridgehead atoms. The number of ether oxygens (including phenoxy) is 1. The van der Waals surface area contributed by atoms with E-state index < -0.39 is 17.7 Å². The summed E-state index contributed by atoms with van der Waals surface area (Å²) in [5, 5.41) is 3.65. The molecule has 0 spiro atoms. The molecular weight excluding hydrogens is 258 g/mol. The number of hydrogen-bond acceptors (Lipinski definition) is 3. The van der Waals surface area contributed by atoms with Gasteiger partial charge in [0, 0.05) is 13.6 Å². The topological polar surface area (TPSA) is 70.7 Å². The van der Waals surface area contributed by atoms with Gasteiger partial charge in [-0.2, -0.15) is 0 Å². The van der Waals surface area contributed by atoms with Crippen molar-refractivity contribution in [3.05, 3.63) is 35.9 Å². The molecule has 6 nitrogen and oxygen atoms in total.